The summed E-state index contributed by atoms with van der Waals surface area (Å²) in [6.45, 7) is 3.51. The predicted molar refractivity (Wildman–Crippen MR) is 72.2 cm³/mol. The number of methoxy groups -OCH3 is 1. The van der Waals surface area contributed by atoms with Crippen LogP contribution in [0.1, 0.15) is 16.6 Å². The molecule has 1 aromatic rings. The van der Waals surface area contributed by atoms with Gasteiger partial charge in [-0.15, -0.1) is 11.3 Å². The Bertz CT molecular complexity index is 390. The molecule has 0 aliphatic rings. The molecule has 1 aromatic heterocycles. The molecule has 0 aromatic carbocycles. The second kappa shape index (κ2) is 7.84. The molecule has 0 saturated heterocycles. The third kappa shape index (κ3) is 4.46. The second-order valence-electron chi connectivity index (χ2n) is 3.53. The van der Waals surface area contributed by atoms with Crippen LogP contribution in [0.5, 0.6) is 0 Å². The van der Waals surface area contributed by atoms with Crippen molar-refractivity contribution >= 4 is 23.3 Å². The van der Waals surface area contributed by atoms with Crippen molar-refractivity contribution in [2.75, 3.05) is 33.9 Å². The van der Waals surface area contributed by atoms with Gasteiger partial charge in [-0.2, -0.15) is 4.99 Å². The zero-order chi connectivity index (χ0) is 13.4. The highest BCUT2D eigenvalue weighted by Gasteiger charge is 2.11. The summed E-state index contributed by atoms with van der Waals surface area (Å²) in [5.41, 5.74) is 0. The van der Waals surface area contributed by atoms with Gasteiger partial charge < -0.3 is 14.4 Å². The number of aliphatic imine (C=N–C) groups is 1. The van der Waals surface area contributed by atoms with Crippen LogP contribution in [0.3, 0.4) is 0 Å². The quantitative estimate of drug-likeness (QED) is 0.465. The Morgan fingerprint density at radius 1 is 1.50 bits per heavy atom. The van der Waals surface area contributed by atoms with E-state index in [1.807, 2.05) is 25.4 Å². The van der Waals surface area contributed by atoms with E-state index >= 15 is 0 Å². The first-order valence-electron chi connectivity index (χ1n) is 5.68. The molecule has 0 saturated carbocycles. The van der Waals surface area contributed by atoms with Crippen molar-refractivity contribution in [3.05, 3.63) is 22.4 Å². The summed E-state index contributed by atoms with van der Waals surface area (Å²) in [6.07, 6.45) is 0. The molecule has 0 aliphatic heterocycles. The minimum atomic E-state index is -0.280. The van der Waals surface area contributed by atoms with E-state index in [9.17, 15) is 4.79 Å². The first-order chi connectivity index (χ1) is 8.69. The molecule has 18 heavy (non-hydrogen) atoms. The Morgan fingerprint density at radius 2 is 2.28 bits per heavy atom. The molecule has 1 amide bonds. The highest BCUT2D eigenvalue weighted by Crippen LogP contribution is 2.10. The van der Waals surface area contributed by atoms with Crippen LogP contribution in [0, 0.1) is 0 Å². The van der Waals surface area contributed by atoms with E-state index in [1.54, 1.807) is 18.1 Å². The van der Waals surface area contributed by atoms with Gasteiger partial charge in [0.15, 0.2) is 0 Å². The standard InChI is InChI=1S/C12H18N2O3S/c1-4-14(2)12(17-8-7-16-3)13-11(15)10-6-5-9-18-10/h5-6,9H,4,7-8H2,1-3H3. The fraction of sp³-hybridized carbons (Fsp3) is 0.500. The molecule has 0 atom stereocenters. The Kier molecular flexibility index (Phi) is 6.38. The summed E-state index contributed by atoms with van der Waals surface area (Å²) in [5.74, 6) is -0.280. The molecule has 0 radical (unpaired) electrons. The Hall–Kier alpha value is -1.40. The lowest BCUT2D eigenvalue weighted by Gasteiger charge is -2.18. The smallest absolute Gasteiger partial charge is 0.295 e. The van der Waals surface area contributed by atoms with Gasteiger partial charge in [0.1, 0.15) is 6.61 Å². The molecule has 0 spiro atoms. The molecule has 0 N–H and O–H groups in total. The van der Waals surface area contributed by atoms with Crippen LogP contribution >= 0.6 is 11.3 Å². The van der Waals surface area contributed by atoms with E-state index < -0.39 is 0 Å². The molecular weight excluding hydrogens is 252 g/mol. The summed E-state index contributed by atoms with van der Waals surface area (Å²) >= 11 is 1.37. The van der Waals surface area contributed by atoms with Gasteiger partial charge in [0.05, 0.1) is 11.5 Å². The van der Waals surface area contributed by atoms with Crippen LogP contribution in [0.25, 0.3) is 0 Å². The molecule has 0 bridgehead atoms. The number of amides is 1. The first-order valence-corrected chi connectivity index (χ1v) is 6.56. The van der Waals surface area contributed by atoms with E-state index in [1.165, 1.54) is 11.3 Å². The Labute approximate surface area is 111 Å². The van der Waals surface area contributed by atoms with E-state index in [4.69, 9.17) is 9.47 Å². The van der Waals surface area contributed by atoms with Gasteiger partial charge in [0.25, 0.3) is 11.9 Å². The van der Waals surface area contributed by atoms with Crippen LogP contribution in [0.15, 0.2) is 22.5 Å². The van der Waals surface area contributed by atoms with Crippen molar-refractivity contribution in [2.45, 2.75) is 6.92 Å². The van der Waals surface area contributed by atoms with Crippen LogP contribution < -0.4 is 0 Å². The lowest BCUT2D eigenvalue weighted by Crippen LogP contribution is -2.30. The number of hydrogen-bond donors (Lipinski definition) is 0. The van der Waals surface area contributed by atoms with Crippen molar-refractivity contribution in [3.8, 4) is 0 Å². The molecule has 0 unspecified atom stereocenters. The summed E-state index contributed by atoms with van der Waals surface area (Å²) in [6, 6.07) is 3.89. The molecule has 1 rings (SSSR count). The minimum absolute atomic E-state index is 0.280. The number of carbonyl (C=O) groups is 1. The SMILES string of the molecule is CCN(C)C(=NC(=O)c1cccs1)OCCOC. The number of thiophene rings is 1. The van der Waals surface area contributed by atoms with Gasteiger partial charge in [-0.3, -0.25) is 4.79 Å². The summed E-state index contributed by atoms with van der Waals surface area (Å²) in [7, 11) is 3.42. The van der Waals surface area contributed by atoms with Gasteiger partial charge in [0, 0.05) is 20.7 Å². The lowest BCUT2D eigenvalue weighted by molar-refractivity contribution is 0.0988. The van der Waals surface area contributed by atoms with Gasteiger partial charge in [-0.1, -0.05) is 6.07 Å². The summed E-state index contributed by atoms with van der Waals surface area (Å²) in [4.78, 5) is 18.2. The molecule has 0 aliphatic carbocycles. The van der Waals surface area contributed by atoms with Crippen molar-refractivity contribution < 1.29 is 14.3 Å². The van der Waals surface area contributed by atoms with Gasteiger partial charge in [-0.05, 0) is 18.4 Å². The predicted octanol–water partition coefficient (Wildman–Crippen LogP) is 1.86. The van der Waals surface area contributed by atoms with Crippen molar-refractivity contribution in [1.29, 1.82) is 0 Å². The van der Waals surface area contributed by atoms with Crippen molar-refractivity contribution in [1.82, 2.24) is 4.90 Å². The maximum absolute atomic E-state index is 11.9. The van der Waals surface area contributed by atoms with E-state index in [-0.39, 0.29) is 5.91 Å². The van der Waals surface area contributed by atoms with Gasteiger partial charge >= 0.3 is 0 Å². The number of ether oxygens (including phenoxy) is 2. The fourth-order valence-corrected chi connectivity index (χ4v) is 1.73. The third-order valence-corrected chi connectivity index (χ3v) is 3.11. The number of carbonyl (C=O) groups excluding carboxylic acids is 1. The monoisotopic (exact) mass is 270 g/mol. The average molecular weight is 270 g/mol. The van der Waals surface area contributed by atoms with E-state index in [0.29, 0.717) is 30.7 Å². The number of rotatable bonds is 5. The second-order valence-corrected chi connectivity index (χ2v) is 4.48. The molecule has 100 valence electrons. The largest absolute Gasteiger partial charge is 0.462 e. The highest BCUT2D eigenvalue weighted by molar-refractivity contribution is 7.12. The topological polar surface area (TPSA) is 51.1 Å². The van der Waals surface area contributed by atoms with Crippen molar-refractivity contribution in [3.63, 3.8) is 0 Å². The Balaban J connectivity index is 2.71. The number of hydrogen-bond acceptors (Lipinski definition) is 4. The van der Waals surface area contributed by atoms with Crippen LogP contribution in [0.2, 0.25) is 0 Å². The molecule has 1 heterocycles. The molecule has 5 nitrogen and oxygen atoms in total. The van der Waals surface area contributed by atoms with Crippen molar-refractivity contribution in [2.24, 2.45) is 4.99 Å². The van der Waals surface area contributed by atoms with E-state index in [0.717, 1.165) is 0 Å². The maximum Gasteiger partial charge on any atom is 0.295 e. The van der Waals surface area contributed by atoms with Crippen LogP contribution in [-0.2, 0) is 9.47 Å². The lowest BCUT2D eigenvalue weighted by atomic mass is 10.4. The van der Waals surface area contributed by atoms with Crippen LogP contribution in [-0.4, -0.2) is 50.7 Å². The summed E-state index contributed by atoms with van der Waals surface area (Å²) in [5, 5.41) is 1.84. The normalized spacial score (nSPS) is 11.4. The fourth-order valence-electron chi connectivity index (χ4n) is 1.12. The van der Waals surface area contributed by atoms with Crippen LogP contribution in [0.4, 0.5) is 0 Å². The molecule has 0 fully saturated rings. The molecular formula is C12H18N2O3S. The average Bonchev–Trinajstić information content (AvgIpc) is 2.90. The number of nitrogens with zero attached hydrogens (tertiary/aromatic N) is 2. The zero-order valence-corrected chi connectivity index (χ0v) is 11.7. The molecule has 6 heteroatoms. The van der Waals surface area contributed by atoms with Gasteiger partial charge in [0.2, 0.25) is 0 Å². The van der Waals surface area contributed by atoms with Gasteiger partial charge in [-0.25, -0.2) is 0 Å². The minimum Gasteiger partial charge on any atom is -0.462 e. The van der Waals surface area contributed by atoms with E-state index in [2.05, 4.69) is 4.99 Å². The maximum atomic E-state index is 11.9. The number of amidine groups is 1. The summed E-state index contributed by atoms with van der Waals surface area (Å²) < 4.78 is 10.3. The third-order valence-electron chi connectivity index (χ3n) is 2.25. The zero-order valence-electron chi connectivity index (χ0n) is 10.9. The Morgan fingerprint density at radius 3 is 2.83 bits per heavy atom. The first kappa shape index (κ1) is 14.7. The highest BCUT2D eigenvalue weighted by atomic mass is 32.1.